The fraction of sp³-hybridized carbons (Fsp3) is 0.0870. The first-order chi connectivity index (χ1) is 13.3. The number of hydrogen-bond donors (Lipinski definition) is 1. The van der Waals surface area contributed by atoms with Crippen molar-refractivity contribution in [1.82, 2.24) is 5.32 Å². The maximum atomic E-state index is 12.8. The van der Waals surface area contributed by atoms with Crippen molar-refractivity contribution >= 4 is 16.9 Å². The summed E-state index contributed by atoms with van der Waals surface area (Å²) in [5.41, 5.74) is 2.46. The molecule has 3 aromatic carbocycles. The zero-order valence-corrected chi connectivity index (χ0v) is 14.7. The maximum Gasteiger partial charge on any atom is 0.287 e. The van der Waals surface area contributed by atoms with Gasteiger partial charge in [0.1, 0.15) is 17.9 Å². The van der Waals surface area contributed by atoms with Crippen molar-refractivity contribution in [2.24, 2.45) is 0 Å². The zero-order valence-electron chi connectivity index (χ0n) is 14.7. The normalized spacial score (nSPS) is 10.7. The summed E-state index contributed by atoms with van der Waals surface area (Å²) < 4.78 is 11.7. The molecule has 0 saturated carbocycles. The van der Waals surface area contributed by atoms with E-state index in [1.54, 1.807) is 0 Å². The predicted molar refractivity (Wildman–Crippen MR) is 105 cm³/mol. The van der Waals surface area contributed by atoms with Crippen LogP contribution in [0.1, 0.15) is 21.7 Å². The molecular formula is C23H19NO3. The molecule has 1 aromatic heterocycles. The lowest BCUT2D eigenvalue weighted by atomic mass is 10.1. The molecule has 0 aliphatic heterocycles. The molecule has 4 heteroatoms. The van der Waals surface area contributed by atoms with Gasteiger partial charge in [0.2, 0.25) is 0 Å². The summed E-state index contributed by atoms with van der Waals surface area (Å²) in [5.74, 6) is 0.795. The minimum absolute atomic E-state index is 0.248. The maximum absolute atomic E-state index is 12.8. The highest BCUT2D eigenvalue weighted by atomic mass is 16.5. The summed E-state index contributed by atoms with van der Waals surface area (Å²) in [6, 6.07) is 26.9. The van der Waals surface area contributed by atoms with Crippen molar-refractivity contribution in [3.63, 3.8) is 0 Å². The standard InChI is InChI=1S/C23H19NO3/c25-23(24-15-17-9-3-1-4-10-17)22-20(16-26-18-11-5-2-6-12-18)19-13-7-8-14-21(19)27-22/h1-14H,15-16H2,(H,24,25). The lowest BCUT2D eigenvalue weighted by molar-refractivity contribution is 0.0922. The summed E-state index contributed by atoms with van der Waals surface area (Å²) >= 11 is 0. The molecule has 0 spiro atoms. The lowest BCUT2D eigenvalue weighted by Gasteiger charge is -2.08. The number of amides is 1. The molecule has 0 bridgehead atoms. The van der Waals surface area contributed by atoms with Crippen LogP contribution in [0.5, 0.6) is 5.75 Å². The molecule has 0 radical (unpaired) electrons. The Morgan fingerprint density at radius 3 is 2.30 bits per heavy atom. The lowest BCUT2D eigenvalue weighted by Crippen LogP contribution is -2.23. The van der Waals surface area contributed by atoms with E-state index in [4.69, 9.17) is 9.15 Å². The van der Waals surface area contributed by atoms with Crippen LogP contribution in [-0.4, -0.2) is 5.91 Å². The van der Waals surface area contributed by atoms with Crippen LogP contribution in [-0.2, 0) is 13.2 Å². The number of furan rings is 1. The highest BCUT2D eigenvalue weighted by Crippen LogP contribution is 2.27. The molecular weight excluding hydrogens is 338 g/mol. The smallest absolute Gasteiger partial charge is 0.287 e. The molecule has 0 aliphatic rings. The van der Waals surface area contributed by atoms with Crippen LogP contribution >= 0.6 is 0 Å². The number of para-hydroxylation sites is 2. The van der Waals surface area contributed by atoms with Crippen LogP contribution in [0.15, 0.2) is 89.3 Å². The van der Waals surface area contributed by atoms with Crippen molar-refractivity contribution in [3.05, 3.63) is 102 Å². The second-order valence-electron chi connectivity index (χ2n) is 6.18. The van der Waals surface area contributed by atoms with Gasteiger partial charge in [0.05, 0.1) is 0 Å². The fourth-order valence-corrected chi connectivity index (χ4v) is 2.96. The Kier molecular flexibility index (Phi) is 4.88. The Balaban J connectivity index is 1.58. The number of fused-ring (bicyclic) bond motifs is 1. The van der Waals surface area contributed by atoms with E-state index in [0.717, 1.165) is 22.3 Å². The molecule has 4 rings (SSSR count). The summed E-state index contributed by atoms with van der Waals surface area (Å²) in [7, 11) is 0. The number of benzene rings is 3. The fourth-order valence-electron chi connectivity index (χ4n) is 2.96. The summed E-state index contributed by atoms with van der Waals surface area (Å²) in [6.45, 7) is 0.699. The van der Waals surface area contributed by atoms with Crippen molar-refractivity contribution in [3.8, 4) is 5.75 Å². The minimum Gasteiger partial charge on any atom is -0.489 e. The van der Waals surface area contributed by atoms with E-state index in [2.05, 4.69) is 5.32 Å². The number of hydrogen-bond acceptors (Lipinski definition) is 3. The Bertz CT molecular complexity index is 1040. The summed E-state index contributed by atoms with van der Waals surface area (Å²) in [4.78, 5) is 12.8. The number of rotatable bonds is 6. The highest BCUT2D eigenvalue weighted by Gasteiger charge is 2.20. The number of ether oxygens (including phenoxy) is 1. The van der Waals surface area contributed by atoms with Crippen LogP contribution in [0, 0.1) is 0 Å². The SMILES string of the molecule is O=C(NCc1ccccc1)c1oc2ccccc2c1COc1ccccc1. The molecule has 4 nitrogen and oxygen atoms in total. The highest BCUT2D eigenvalue weighted by molar-refractivity contribution is 5.99. The van der Waals surface area contributed by atoms with Gasteiger partial charge in [-0.25, -0.2) is 0 Å². The van der Waals surface area contributed by atoms with Crippen LogP contribution < -0.4 is 10.1 Å². The van der Waals surface area contributed by atoms with Gasteiger partial charge in [0, 0.05) is 17.5 Å². The molecule has 1 heterocycles. The second kappa shape index (κ2) is 7.79. The Morgan fingerprint density at radius 1 is 0.852 bits per heavy atom. The Hall–Kier alpha value is -3.53. The number of carbonyl (C=O) groups excluding carboxylic acids is 1. The first-order valence-electron chi connectivity index (χ1n) is 8.81. The van der Waals surface area contributed by atoms with E-state index in [1.807, 2.05) is 84.9 Å². The van der Waals surface area contributed by atoms with E-state index in [0.29, 0.717) is 17.9 Å². The van der Waals surface area contributed by atoms with Gasteiger partial charge in [0.15, 0.2) is 5.76 Å². The molecule has 0 atom stereocenters. The molecule has 1 amide bonds. The molecule has 1 N–H and O–H groups in total. The van der Waals surface area contributed by atoms with Gasteiger partial charge in [-0.1, -0.05) is 66.7 Å². The molecule has 0 saturated heterocycles. The molecule has 0 aliphatic carbocycles. The van der Waals surface area contributed by atoms with Crippen LogP contribution in [0.4, 0.5) is 0 Å². The van der Waals surface area contributed by atoms with Gasteiger partial charge in [-0.05, 0) is 23.8 Å². The quantitative estimate of drug-likeness (QED) is 0.532. The van der Waals surface area contributed by atoms with E-state index in [-0.39, 0.29) is 12.5 Å². The van der Waals surface area contributed by atoms with Gasteiger partial charge in [-0.3, -0.25) is 4.79 Å². The van der Waals surface area contributed by atoms with Gasteiger partial charge in [-0.2, -0.15) is 0 Å². The van der Waals surface area contributed by atoms with Gasteiger partial charge >= 0.3 is 0 Å². The van der Waals surface area contributed by atoms with E-state index in [1.165, 1.54) is 0 Å². The second-order valence-corrected chi connectivity index (χ2v) is 6.18. The number of nitrogens with one attached hydrogen (secondary N) is 1. The van der Waals surface area contributed by atoms with Crippen molar-refractivity contribution < 1.29 is 13.9 Å². The Labute approximate surface area is 157 Å². The molecule has 0 unspecified atom stereocenters. The molecule has 0 fully saturated rings. The topological polar surface area (TPSA) is 51.5 Å². The van der Waals surface area contributed by atoms with E-state index in [9.17, 15) is 4.79 Å². The van der Waals surface area contributed by atoms with E-state index < -0.39 is 0 Å². The first kappa shape index (κ1) is 16.9. The predicted octanol–water partition coefficient (Wildman–Crippen LogP) is 4.94. The van der Waals surface area contributed by atoms with Crippen LogP contribution in [0.2, 0.25) is 0 Å². The average molecular weight is 357 g/mol. The Morgan fingerprint density at radius 2 is 1.52 bits per heavy atom. The molecule has 4 aromatic rings. The summed E-state index contributed by atoms with van der Waals surface area (Å²) in [6.07, 6.45) is 0. The van der Waals surface area contributed by atoms with Crippen molar-refractivity contribution in [2.45, 2.75) is 13.2 Å². The third-order valence-electron chi connectivity index (χ3n) is 4.33. The van der Waals surface area contributed by atoms with Crippen molar-refractivity contribution in [2.75, 3.05) is 0 Å². The monoisotopic (exact) mass is 357 g/mol. The van der Waals surface area contributed by atoms with Gasteiger partial charge in [-0.15, -0.1) is 0 Å². The van der Waals surface area contributed by atoms with Crippen LogP contribution in [0.3, 0.4) is 0 Å². The molecule has 27 heavy (non-hydrogen) atoms. The van der Waals surface area contributed by atoms with E-state index >= 15 is 0 Å². The zero-order chi connectivity index (χ0) is 18.5. The number of carbonyl (C=O) groups is 1. The van der Waals surface area contributed by atoms with Crippen molar-refractivity contribution in [1.29, 1.82) is 0 Å². The van der Waals surface area contributed by atoms with Gasteiger partial charge < -0.3 is 14.5 Å². The minimum atomic E-state index is -0.248. The van der Waals surface area contributed by atoms with Crippen LogP contribution in [0.25, 0.3) is 11.0 Å². The third kappa shape index (κ3) is 3.85. The molecule has 134 valence electrons. The third-order valence-corrected chi connectivity index (χ3v) is 4.33. The first-order valence-corrected chi connectivity index (χ1v) is 8.81. The largest absolute Gasteiger partial charge is 0.489 e. The van der Waals surface area contributed by atoms with Gasteiger partial charge in [0.25, 0.3) is 5.91 Å². The summed E-state index contributed by atoms with van der Waals surface area (Å²) in [5, 5.41) is 3.81. The average Bonchev–Trinajstić information content (AvgIpc) is 3.11.